The van der Waals surface area contributed by atoms with Crippen LogP contribution in [-0.4, -0.2) is 16.5 Å². The zero-order valence-corrected chi connectivity index (χ0v) is 8.92. The predicted molar refractivity (Wildman–Crippen MR) is 52.9 cm³/mol. The predicted octanol–water partition coefficient (Wildman–Crippen LogP) is 2.48. The highest BCUT2D eigenvalue weighted by Gasteiger charge is 2.21. The van der Waals surface area contributed by atoms with Crippen molar-refractivity contribution in [2.75, 3.05) is 6.61 Å². The second-order valence-corrected chi connectivity index (χ2v) is 4.47. The SMILES string of the molecule is O=C(N/C=C/S)OCC(Cl)(Cl)Cl. The maximum atomic E-state index is 10.7. The van der Waals surface area contributed by atoms with Crippen molar-refractivity contribution in [2.45, 2.75) is 3.79 Å². The quantitative estimate of drug-likeness (QED) is 0.584. The Labute approximate surface area is 90.4 Å². The number of hydrogen-bond acceptors (Lipinski definition) is 3. The minimum Gasteiger partial charge on any atom is -0.445 e. The van der Waals surface area contributed by atoms with Gasteiger partial charge in [-0.25, -0.2) is 4.79 Å². The molecule has 0 heterocycles. The number of hydrogen-bond donors (Lipinski definition) is 2. The number of rotatable bonds is 2. The van der Waals surface area contributed by atoms with Crippen LogP contribution in [0.5, 0.6) is 0 Å². The van der Waals surface area contributed by atoms with E-state index in [2.05, 4.69) is 22.7 Å². The number of alkyl carbamates (subject to hydrolysis) is 1. The van der Waals surface area contributed by atoms with Gasteiger partial charge in [-0.3, -0.25) is 5.32 Å². The summed E-state index contributed by atoms with van der Waals surface area (Å²) in [6, 6.07) is 0. The number of amides is 1. The molecule has 0 aromatic rings. The van der Waals surface area contributed by atoms with E-state index in [9.17, 15) is 4.79 Å². The van der Waals surface area contributed by atoms with Crippen LogP contribution in [0.15, 0.2) is 11.6 Å². The van der Waals surface area contributed by atoms with Crippen molar-refractivity contribution >= 4 is 53.5 Å². The minimum atomic E-state index is -1.58. The molecule has 0 saturated heterocycles. The first-order chi connectivity index (χ1) is 5.45. The van der Waals surface area contributed by atoms with Crippen molar-refractivity contribution < 1.29 is 9.53 Å². The highest BCUT2D eigenvalue weighted by atomic mass is 35.6. The Kier molecular flexibility index (Phi) is 5.92. The molecule has 0 aromatic carbocycles. The lowest BCUT2D eigenvalue weighted by Crippen LogP contribution is -2.23. The van der Waals surface area contributed by atoms with Gasteiger partial charge in [0.1, 0.15) is 6.61 Å². The summed E-state index contributed by atoms with van der Waals surface area (Å²) in [4.78, 5) is 10.7. The molecule has 0 rings (SSSR count). The summed E-state index contributed by atoms with van der Waals surface area (Å²) in [6.45, 7) is -0.302. The lowest BCUT2D eigenvalue weighted by molar-refractivity contribution is 0.152. The van der Waals surface area contributed by atoms with Crippen LogP contribution in [-0.2, 0) is 4.74 Å². The molecule has 1 N–H and O–H groups in total. The molecule has 0 saturated carbocycles. The topological polar surface area (TPSA) is 38.3 Å². The van der Waals surface area contributed by atoms with Gasteiger partial charge in [0.2, 0.25) is 3.79 Å². The summed E-state index contributed by atoms with van der Waals surface area (Å²) in [5, 5.41) is 3.54. The maximum Gasteiger partial charge on any atom is 0.411 e. The molecule has 0 aliphatic heterocycles. The van der Waals surface area contributed by atoms with Crippen LogP contribution >= 0.6 is 47.4 Å². The van der Waals surface area contributed by atoms with Crippen LogP contribution in [0.2, 0.25) is 0 Å². The Morgan fingerprint density at radius 2 is 2.17 bits per heavy atom. The van der Waals surface area contributed by atoms with E-state index in [0.29, 0.717) is 0 Å². The number of nitrogens with one attached hydrogen (secondary N) is 1. The van der Waals surface area contributed by atoms with Crippen LogP contribution in [0.4, 0.5) is 4.79 Å². The summed E-state index contributed by atoms with van der Waals surface area (Å²) in [5.74, 6) is 0. The van der Waals surface area contributed by atoms with Gasteiger partial charge in [-0.2, -0.15) is 0 Å². The molecule has 0 radical (unpaired) electrons. The van der Waals surface area contributed by atoms with E-state index >= 15 is 0 Å². The highest BCUT2D eigenvalue weighted by molar-refractivity contribution is 7.83. The zero-order chi connectivity index (χ0) is 9.61. The third kappa shape index (κ3) is 8.33. The molecule has 0 aliphatic carbocycles. The van der Waals surface area contributed by atoms with E-state index in [0.717, 1.165) is 0 Å². The molecular weight excluding hydrogens is 244 g/mol. The molecular formula is C5H6Cl3NO2S. The molecule has 70 valence electrons. The number of ether oxygens (including phenoxy) is 1. The van der Waals surface area contributed by atoms with Crippen molar-refractivity contribution in [1.29, 1.82) is 0 Å². The summed E-state index contributed by atoms with van der Waals surface area (Å²) in [6.07, 6.45) is 0.579. The minimum absolute atomic E-state index is 0.302. The lowest BCUT2D eigenvalue weighted by atomic mass is 10.8. The second kappa shape index (κ2) is 5.80. The number of thiol groups is 1. The molecule has 0 fully saturated rings. The fourth-order valence-corrected chi connectivity index (χ4v) is 0.533. The summed E-state index contributed by atoms with van der Waals surface area (Å²) >= 11 is 19.6. The van der Waals surface area contributed by atoms with Crippen LogP contribution in [0.1, 0.15) is 0 Å². The van der Waals surface area contributed by atoms with Gasteiger partial charge >= 0.3 is 6.09 Å². The second-order valence-electron chi connectivity index (χ2n) is 1.65. The Balaban J connectivity index is 3.58. The molecule has 7 heteroatoms. The Morgan fingerprint density at radius 1 is 1.58 bits per heavy atom. The fourth-order valence-electron chi connectivity index (χ4n) is 0.294. The van der Waals surface area contributed by atoms with Gasteiger partial charge in [0.25, 0.3) is 0 Å². The normalized spacial score (nSPS) is 11.7. The third-order valence-electron chi connectivity index (χ3n) is 0.643. The van der Waals surface area contributed by atoms with Gasteiger partial charge in [-0.1, -0.05) is 34.8 Å². The van der Waals surface area contributed by atoms with E-state index < -0.39 is 9.89 Å². The van der Waals surface area contributed by atoms with Crippen LogP contribution in [0.3, 0.4) is 0 Å². The van der Waals surface area contributed by atoms with Crippen LogP contribution in [0, 0.1) is 0 Å². The number of alkyl halides is 3. The Morgan fingerprint density at radius 3 is 2.58 bits per heavy atom. The van der Waals surface area contributed by atoms with Crippen molar-refractivity contribution in [3.05, 3.63) is 11.6 Å². The average molecular weight is 251 g/mol. The third-order valence-corrected chi connectivity index (χ3v) is 1.12. The number of halogens is 3. The molecule has 0 bridgehead atoms. The van der Waals surface area contributed by atoms with Crippen molar-refractivity contribution in [1.82, 2.24) is 5.32 Å². The summed E-state index contributed by atoms with van der Waals surface area (Å²) in [7, 11) is 0. The summed E-state index contributed by atoms with van der Waals surface area (Å²) in [5.41, 5.74) is 0. The maximum absolute atomic E-state index is 10.7. The largest absolute Gasteiger partial charge is 0.445 e. The van der Waals surface area contributed by atoms with Gasteiger partial charge in [-0.05, 0) is 5.41 Å². The molecule has 12 heavy (non-hydrogen) atoms. The molecule has 0 unspecified atom stereocenters. The molecule has 0 aliphatic rings. The van der Waals surface area contributed by atoms with Gasteiger partial charge in [0.05, 0.1) is 0 Å². The monoisotopic (exact) mass is 249 g/mol. The molecule has 1 amide bonds. The van der Waals surface area contributed by atoms with Gasteiger partial charge in [-0.15, -0.1) is 12.6 Å². The van der Waals surface area contributed by atoms with E-state index in [-0.39, 0.29) is 6.61 Å². The van der Waals surface area contributed by atoms with E-state index in [1.165, 1.54) is 11.6 Å². The smallest absolute Gasteiger partial charge is 0.411 e. The van der Waals surface area contributed by atoms with Crippen molar-refractivity contribution in [3.8, 4) is 0 Å². The Hall–Kier alpha value is 0.230. The van der Waals surface area contributed by atoms with E-state index in [1.54, 1.807) is 0 Å². The number of carbonyl (C=O) groups is 1. The van der Waals surface area contributed by atoms with Gasteiger partial charge in [0.15, 0.2) is 0 Å². The van der Waals surface area contributed by atoms with Crippen molar-refractivity contribution in [2.24, 2.45) is 0 Å². The molecule has 3 nitrogen and oxygen atoms in total. The Bertz CT molecular complexity index is 180. The van der Waals surface area contributed by atoms with E-state index in [4.69, 9.17) is 34.8 Å². The standard InChI is InChI=1S/C5H6Cl3NO2S/c6-5(7,8)3-11-4(10)9-1-2-12/h1-2,12H,3H2,(H,9,10)/b2-1+. The summed E-state index contributed by atoms with van der Waals surface area (Å²) < 4.78 is 2.90. The highest BCUT2D eigenvalue weighted by Crippen LogP contribution is 2.25. The van der Waals surface area contributed by atoms with Gasteiger partial charge < -0.3 is 4.74 Å². The van der Waals surface area contributed by atoms with E-state index in [1.807, 2.05) is 0 Å². The molecule has 0 atom stereocenters. The molecule has 0 aromatic heterocycles. The molecule has 0 spiro atoms. The first kappa shape index (κ1) is 12.2. The van der Waals surface area contributed by atoms with Crippen molar-refractivity contribution in [3.63, 3.8) is 0 Å². The van der Waals surface area contributed by atoms with Gasteiger partial charge in [0, 0.05) is 6.20 Å². The zero-order valence-electron chi connectivity index (χ0n) is 5.76. The first-order valence-corrected chi connectivity index (χ1v) is 4.40. The van der Waals surface area contributed by atoms with Crippen LogP contribution in [0.25, 0.3) is 0 Å². The number of carbonyl (C=O) groups excluding carboxylic acids is 1. The van der Waals surface area contributed by atoms with Crippen LogP contribution < -0.4 is 5.32 Å². The fraction of sp³-hybridized carbons (Fsp3) is 0.400. The lowest BCUT2D eigenvalue weighted by Gasteiger charge is -2.10. The first-order valence-electron chi connectivity index (χ1n) is 2.75. The average Bonchev–Trinajstić information content (AvgIpc) is 1.95.